The van der Waals surface area contributed by atoms with Crippen molar-refractivity contribution in [2.45, 2.75) is 31.3 Å². The topological polar surface area (TPSA) is 66.6 Å². The third-order valence-corrected chi connectivity index (χ3v) is 5.18. The lowest BCUT2D eigenvalue weighted by Gasteiger charge is -2.38. The van der Waals surface area contributed by atoms with Gasteiger partial charge in [-0.05, 0) is 67.8 Å². The van der Waals surface area contributed by atoms with Crippen molar-refractivity contribution in [1.82, 2.24) is 4.90 Å². The van der Waals surface area contributed by atoms with Crippen LogP contribution in [0.4, 0.5) is 10.1 Å². The summed E-state index contributed by atoms with van der Waals surface area (Å²) in [7, 11) is 0. The van der Waals surface area contributed by atoms with Crippen molar-refractivity contribution in [2.75, 3.05) is 25.4 Å². The summed E-state index contributed by atoms with van der Waals surface area (Å²) in [5.41, 5.74) is 7.08. The fraction of sp³-hybridized carbons (Fsp3) is 0.381. The van der Waals surface area contributed by atoms with E-state index in [1.54, 1.807) is 0 Å². The molecule has 0 bridgehead atoms. The van der Waals surface area contributed by atoms with E-state index in [4.69, 9.17) is 5.73 Å². The number of benzene rings is 2. The Morgan fingerprint density at radius 3 is 2.31 bits per heavy atom. The van der Waals surface area contributed by atoms with Crippen molar-refractivity contribution in [3.63, 3.8) is 0 Å². The van der Waals surface area contributed by atoms with E-state index in [1.807, 2.05) is 24.3 Å². The standard InChI is InChI=1S/C21H25FN2O2/c22-18-7-3-16(4-8-18)20(25)2-1-13-24-14-11-21(26,12-15-24)17-5-9-19(23)10-6-17/h3-10,26H,1-2,11-15,23H2. The first-order valence-corrected chi connectivity index (χ1v) is 9.06. The molecular formula is C21H25FN2O2. The molecule has 1 aliphatic rings. The number of anilines is 1. The van der Waals surface area contributed by atoms with E-state index in [2.05, 4.69) is 4.90 Å². The lowest BCUT2D eigenvalue weighted by Crippen LogP contribution is -2.42. The second-order valence-electron chi connectivity index (χ2n) is 7.03. The number of aliphatic hydroxyl groups is 1. The lowest BCUT2D eigenvalue weighted by atomic mass is 9.84. The van der Waals surface area contributed by atoms with Gasteiger partial charge in [0.15, 0.2) is 5.78 Å². The van der Waals surface area contributed by atoms with E-state index in [9.17, 15) is 14.3 Å². The highest BCUT2D eigenvalue weighted by molar-refractivity contribution is 5.95. The number of hydrogen-bond acceptors (Lipinski definition) is 4. The van der Waals surface area contributed by atoms with Crippen LogP contribution in [0.2, 0.25) is 0 Å². The summed E-state index contributed by atoms with van der Waals surface area (Å²) in [6.07, 6.45) is 2.55. The molecule has 0 saturated carbocycles. The minimum Gasteiger partial charge on any atom is -0.399 e. The molecule has 1 aliphatic heterocycles. The number of rotatable bonds is 6. The van der Waals surface area contributed by atoms with Crippen LogP contribution in [0.5, 0.6) is 0 Å². The molecule has 4 nitrogen and oxygen atoms in total. The quantitative estimate of drug-likeness (QED) is 0.615. The van der Waals surface area contributed by atoms with Gasteiger partial charge in [-0.3, -0.25) is 4.79 Å². The highest BCUT2D eigenvalue weighted by atomic mass is 19.1. The Labute approximate surface area is 153 Å². The third kappa shape index (κ3) is 4.48. The number of halogens is 1. The van der Waals surface area contributed by atoms with Gasteiger partial charge in [0.25, 0.3) is 0 Å². The number of hydrogen-bond donors (Lipinski definition) is 2. The molecule has 0 atom stereocenters. The van der Waals surface area contributed by atoms with Crippen LogP contribution in [0.3, 0.4) is 0 Å². The Balaban J connectivity index is 1.44. The molecule has 3 rings (SSSR count). The zero-order valence-corrected chi connectivity index (χ0v) is 14.8. The fourth-order valence-electron chi connectivity index (χ4n) is 3.47. The van der Waals surface area contributed by atoms with Crippen LogP contribution in [-0.2, 0) is 5.60 Å². The molecule has 26 heavy (non-hydrogen) atoms. The maximum absolute atomic E-state index is 12.9. The van der Waals surface area contributed by atoms with Crippen molar-refractivity contribution in [3.8, 4) is 0 Å². The molecule has 0 aromatic heterocycles. The van der Waals surface area contributed by atoms with E-state index >= 15 is 0 Å². The summed E-state index contributed by atoms with van der Waals surface area (Å²) in [6.45, 7) is 2.42. The number of ketones is 1. The van der Waals surface area contributed by atoms with E-state index in [0.29, 0.717) is 30.5 Å². The van der Waals surface area contributed by atoms with E-state index in [1.165, 1.54) is 24.3 Å². The van der Waals surface area contributed by atoms with Crippen molar-refractivity contribution < 1.29 is 14.3 Å². The molecular weight excluding hydrogens is 331 g/mol. The van der Waals surface area contributed by atoms with Gasteiger partial charge in [0, 0.05) is 30.8 Å². The molecule has 0 unspecified atom stereocenters. The first-order chi connectivity index (χ1) is 12.5. The maximum Gasteiger partial charge on any atom is 0.162 e. The average Bonchev–Trinajstić information content (AvgIpc) is 2.64. The molecule has 2 aromatic rings. The fourth-order valence-corrected chi connectivity index (χ4v) is 3.47. The van der Waals surface area contributed by atoms with Gasteiger partial charge in [-0.1, -0.05) is 12.1 Å². The number of nitrogens with two attached hydrogens (primary N) is 1. The third-order valence-electron chi connectivity index (χ3n) is 5.18. The predicted molar refractivity (Wildman–Crippen MR) is 100 cm³/mol. The summed E-state index contributed by atoms with van der Waals surface area (Å²) < 4.78 is 12.9. The number of carbonyl (C=O) groups is 1. The van der Waals surface area contributed by atoms with Gasteiger partial charge in [-0.25, -0.2) is 4.39 Å². The largest absolute Gasteiger partial charge is 0.399 e. The smallest absolute Gasteiger partial charge is 0.162 e. The normalized spacial score (nSPS) is 17.2. The summed E-state index contributed by atoms with van der Waals surface area (Å²) in [4.78, 5) is 14.4. The number of nitrogens with zero attached hydrogens (tertiary/aromatic N) is 1. The van der Waals surface area contributed by atoms with Crippen LogP contribution in [-0.4, -0.2) is 35.4 Å². The molecule has 1 fully saturated rings. The Kier molecular flexibility index (Phi) is 5.69. The second-order valence-corrected chi connectivity index (χ2v) is 7.03. The van der Waals surface area contributed by atoms with E-state index in [-0.39, 0.29) is 11.6 Å². The van der Waals surface area contributed by atoms with Gasteiger partial charge in [0.05, 0.1) is 5.60 Å². The van der Waals surface area contributed by atoms with Crippen LogP contribution in [0.1, 0.15) is 41.6 Å². The molecule has 1 heterocycles. The van der Waals surface area contributed by atoms with Crippen molar-refractivity contribution in [2.24, 2.45) is 0 Å². The molecule has 0 amide bonds. The predicted octanol–water partition coefficient (Wildman–Crippen LogP) is 3.35. The van der Waals surface area contributed by atoms with Crippen LogP contribution >= 0.6 is 0 Å². The van der Waals surface area contributed by atoms with Crippen LogP contribution < -0.4 is 5.73 Å². The van der Waals surface area contributed by atoms with Crippen molar-refractivity contribution in [3.05, 3.63) is 65.5 Å². The zero-order valence-electron chi connectivity index (χ0n) is 14.8. The molecule has 0 aliphatic carbocycles. The Morgan fingerprint density at radius 1 is 1.08 bits per heavy atom. The Bertz CT molecular complexity index is 736. The lowest BCUT2D eigenvalue weighted by molar-refractivity contribution is -0.0260. The Hall–Kier alpha value is -2.24. The second kappa shape index (κ2) is 7.98. The SMILES string of the molecule is Nc1ccc(C2(O)CCN(CCCC(=O)c3ccc(F)cc3)CC2)cc1. The van der Waals surface area contributed by atoms with Gasteiger partial charge in [-0.2, -0.15) is 0 Å². The summed E-state index contributed by atoms with van der Waals surface area (Å²) >= 11 is 0. The van der Waals surface area contributed by atoms with Gasteiger partial charge in [-0.15, -0.1) is 0 Å². The highest BCUT2D eigenvalue weighted by Crippen LogP contribution is 2.33. The molecule has 5 heteroatoms. The van der Waals surface area contributed by atoms with Gasteiger partial charge in [0.1, 0.15) is 5.82 Å². The van der Waals surface area contributed by atoms with Gasteiger partial charge in [0.2, 0.25) is 0 Å². The summed E-state index contributed by atoms with van der Waals surface area (Å²) in [6, 6.07) is 13.1. The van der Waals surface area contributed by atoms with E-state index in [0.717, 1.165) is 31.6 Å². The minimum atomic E-state index is -0.797. The summed E-state index contributed by atoms with van der Waals surface area (Å²) in [5.74, 6) is -0.288. The molecule has 3 N–H and O–H groups in total. The monoisotopic (exact) mass is 356 g/mol. The number of likely N-dealkylation sites (tertiary alicyclic amines) is 1. The first kappa shape index (κ1) is 18.5. The molecule has 2 aromatic carbocycles. The first-order valence-electron chi connectivity index (χ1n) is 9.06. The average molecular weight is 356 g/mol. The van der Waals surface area contributed by atoms with E-state index < -0.39 is 5.60 Å². The summed E-state index contributed by atoms with van der Waals surface area (Å²) in [5, 5.41) is 10.9. The molecule has 0 spiro atoms. The van der Waals surface area contributed by atoms with Crippen LogP contribution in [0.15, 0.2) is 48.5 Å². The minimum absolute atomic E-state index is 0.0420. The number of Topliss-reactive ketones (excluding diaryl/α,β-unsaturated/α-hetero) is 1. The van der Waals surface area contributed by atoms with Crippen LogP contribution in [0.25, 0.3) is 0 Å². The van der Waals surface area contributed by atoms with Gasteiger partial charge < -0.3 is 15.7 Å². The molecule has 0 radical (unpaired) electrons. The van der Waals surface area contributed by atoms with Gasteiger partial charge >= 0.3 is 0 Å². The number of nitrogen functional groups attached to an aromatic ring is 1. The maximum atomic E-state index is 12.9. The van der Waals surface area contributed by atoms with Crippen LogP contribution in [0, 0.1) is 5.82 Å². The number of piperidine rings is 1. The molecule has 138 valence electrons. The van der Waals surface area contributed by atoms with Crippen molar-refractivity contribution in [1.29, 1.82) is 0 Å². The molecule has 1 saturated heterocycles. The zero-order chi connectivity index (χ0) is 18.6. The highest BCUT2D eigenvalue weighted by Gasteiger charge is 2.33. The Morgan fingerprint density at radius 2 is 1.69 bits per heavy atom. The van der Waals surface area contributed by atoms with Crippen molar-refractivity contribution >= 4 is 11.5 Å². The number of carbonyl (C=O) groups excluding carboxylic acids is 1.